The van der Waals surface area contributed by atoms with E-state index < -0.39 is 17.9 Å². The molecule has 0 aliphatic heterocycles. The minimum Gasteiger partial charge on any atom is -0.545 e. The molecule has 10 heteroatoms. The van der Waals surface area contributed by atoms with Gasteiger partial charge < -0.3 is 29.7 Å². The van der Waals surface area contributed by atoms with Gasteiger partial charge in [-0.1, -0.05) is 19.7 Å². The zero-order valence-corrected chi connectivity index (χ0v) is 14.9. The van der Waals surface area contributed by atoms with Gasteiger partial charge in [0.25, 0.3) is 0 Å². The molecule has 0 heterocycles. The Morgan fingerprint density at radius 2 is 0.773 bits per heavy atom. The van der Waals surface area contributed by atoms with Gasteiger partial charge in [0.05, 0.1) is 41.6 Å². The normalized spacial score (nSPS) is 6.95. The van der Waals surface area contributed by atoms with Crippen LogP contribution < -0.4 is 15.3 Å². The Morgan fingerprint density at radius 1 is 0.727 bits per heavy atom. The van der Waals surface area contributed by atoms with Gasteiger partial charge in [-0.3, -0.25) is 0 Å². The topological polar surface area (TPSA) is 130 Å². The van der Waals surface area contributed by atoms with Gasteiger partial charge in [-0.15, -0.1) is 0 Å². The van der Waals surface area contributed by atoms with Crippen molar-refractivity contribution in [3.05, 3.63) is 36.5 Å². The molecule has 0 unspecified atom stereocenters. The second-order valence-electron chi connectivity index (χ2n) is 3.26. The number of aliphatic carboxylic acids is 3. The molecule has 0 aliphatic carbocycles. The van der Waals surface area contributed by atoms with Crippen LogP contribution in [0.15, 0.2) is 36.5 Å². The zero-order valence-electron chi connectivity index (χ0n) is 12.1. The predicted molar refractivity (Wildman–Crippen MR) is 72.3 cm³/mol. The van der Waals surface area contributed by atoms with Gasteiger partial charge in [-0.2, -0.15) is 3.84 Å². The molecule has 0 fully saturated rings. The molecular formula is C12H15Cl2CrO7. The number of carbonyl (C=O) groups excluding carboxylic acids is 3. The van der Waals surface area contributed by atoms with E-state index >= 15 is 0 Å². The van der Waals surface area contributed by atoms with E-state index in [2.05, 4.69) is 47.3 Å². The number of halogens is 2. The van der Waals surface area contributed by atoms with E-state index in [4.69, 9.17) is 0 Å². The van der Waals surface area contributed by atoms with Crippen LogP contribution in [0.1, 0.15) is 20.8 Å². The minimum absolute atomic E-state index is 0. The Hall–Kier alpha value is -1.30. The summed E-state index contributed by atoms with van der Waals surface area (Å²) >= 11 is 8.53. The summed E-state index contributed by atoms with van der Waals surface area (Å²) in [6.45, 7) is 13.4. The third-order valence-electron chi connectivity index (χ3n) is 1.05. The van der Waals surface area contributed by atoms with Crippen molar-refractivity contribution in [1.82, 2.24) is 0 Å². The average Bonchev–Trinajstić information content (AvgIpc) is 2.30. The van der Waals surface area contributed by atoms with Crippen molar-refractivity contribution < 1.29 is 50.9 Å². The quantitative estimate of drug-likeness (QED) is 0.576. The molecule has 22 heavy (non-hydrogen) atoms. The molecule has 0 amide bonds. The van der Waals surface area contributed by atoms with Gasteiger partial charge in [0, 0.05) is 0 Å². The first kappa shape index (κ1) is 32.6. The fraction of sp³-hybridized carbons (Fsp3) is 0.250. The van der Waals surface area contributed by atoms with E-state index in [1.165, 1.54) is 20.8 Å². The van der Waals surface area contributed by atoms with Crippen LogP contribution in [0.5, 0.6) is 0 Å². The number of hydrogen-bond acceptors (Lipinski definition) is 7. The molecule has 0 saturated heterocycles. The second-order valence-corrected chi connectivity index (χ2v) is 3.73. The molecule has 0 aromatic heterocycles. The molecule has 0 rings (SSSR count). The molecule has 0 atom stereocenters. The maximum absolute atomic E-state index is 9.49. The second kappa shape index (κ2) is 22.0. The zero-order chi connectivity index (χ0) is 18.2. The Labute approximate surface area is 150 Å². The van der Waals surface area contributed by atoms with Crippen LogP contribution in [0.2, 0.25) is 0 Å². The number of carboxylic acid groups (broad SMARTS) is 3. The summed E-state index contributed by atoms with van der Waals surface area (Å²) in [5.74, 6) is -3.56. The van der Waals surface area contributed by atoms with Crippen LogP contribution >= 0.6 is 23.7 Å². The molecule has 0 bridgehead atoms. The van der Waals surface area contributed by atoms with Crippen molar-refractivity contribution in [1.29, 1.82) is 0 Å². The summed E-state index contributed by atoms with van der Waals surface area (Å²) in [6.07, 6.45) is 0. The Morgan fingerprint density at radius 3 is 0.773 bits per heavy atom. The van der Waals surface area contributed by atoms with Crippen LogP contribution in [0.4, 0.5) is 0 Å². The summed E-state index contributed by atoms with van der Waals surface area (Å²) in [4.78, 5) is 28.5. The van der Waals surface area contributed by atoms with Crippen LogP contribution in [0.25, 0.3) is 0 Å². The summed E-state index contributed by atoms with van der Waals surface area (Å²) in [5, 5.41) is 28.5. The number of hydrogen-bond donors (Lipinski definition) is 0. The van der Waals surface area contributed by atoms with Crippen molar-refractivity contribution in [3.63, 3.8) is 0 Å². The molecule has 0 N–H and O–H groups in total. The smallest absolute Gasteiger partial charge is 0.545 e. The van der Waals surface area contributed by atoms with Crippen molar-refractivity contribution in [2.24, 2.45) is 0 Å². The van der Waals surface area contributed by atoms with Crippen molar-refractivity contribution in [3.8, 4) is 0 Å². The summed E-state index contributed by atoms with van der Waals surface area (Å²) in [6, 6.07) is 0. The standard InChI is InChI=1S/3C4H6O2.Cl2O.Cr/c3*1-3(2)4(5)6;1-3-2;/h3*1H2,2H3,(H,5,6);;/q;;;;+3/p-3. The van der Waals surface area contributed by atoms with E-state index in [1.54, 1.807) is 0 Å². The monoisotopic (exact) mass is 393 g/mol. The number of carbonyl (C=O) groups is 3. The van der Waals surface area contributed by atoms with Gasteiger partial charge in [-0.05, 0) is 37.5 Å². The first-order valence-electron chi connectivity index (χ1n) is 4.84. The molecular weight excluding hydrogens is 379 g/mol. The van der Waals surface area contributed by atoms with Crippen LogP contribution in [-0.2, 0) is 35.6 Å². The van der Waals surface area contributed by atoms with Crippen molar-refractivity contribution in [2.75, 3.05) is 0 Å². The van der Waals surface area contributed by atoms with E-state index in [9.17, 15) is 29.7 Å². The van der Waals surface area contributed by atoms with Crippen LogP contribution in [0.3, 0.4) is 0 Å². The SMILES string of the molecule is C=C(C)C(=O)[O-].C=C(C)C(=O)[O-].C=C(C)C(=O)[O-].ClOCl.[Cr+3]. The van der Waals surface area contributed by atoms with Crippen molar-refractivity contribution in [2.45, 2.75) is 20.8 Å². The summed E-state index contributed by atoms with van der Waals surface area (Å²) in [7, 11) is 0. The van der Waals surface area contributed by atoms with E-state index in [-0.39, 0.29) is 34.1 Å². The predicted octanol–water partition coefficient (Wildman–Crippen LogP) is -0.755. The maximum atomic E-state index is 9.49. The fourth-order valence-corrected chi connectivity index (χ4v) is 0. The fourth-order valence-electron chi connectivity index (χ4n) is 0. The largest absolute Gasteiger partial charge is 3.00 e. The first-order valence-corrected chi connectivity index (χ1v) is 5.46. The maximum Gasteiger partial charge on any atom is 3.00 e. The molecule has 0 aromatic carbocycles. The third kappa shape index (κ3) is 51.2. The Bertz CT molecular complexity index is 302. The van der Waals surface area contributed by atoms with Crippen LogP contribution in [-0.4, -0.2) is 17.9 Å². The molecule has 0 aliphatic rings. The van der Waals surface area contributed by atoms with Crippen molar-refractivity contribution >= 4 is 41.6 Å². The van der Waals surface area contributed by atoms with Gasteiger partial charge in [-0.25, -0.2) is 0 Å². The Balaban J connectivity index is -0.0000000591. The average molecular weight is 394 g/mol. The molecule has 0 saturated carbocycles. The summed E-state index contributed by atoms with van der Waals surface area (Å²) < 4.78 is 3.19. The van der Waals surface area contributed by atoms with Gasteiger partial charge in [0.1, 0.15) is 0 Å². The minimum atomic E-state index is -1.19. The molecule has 7 nitrogen and oxygen atoms in total. The van der Waals surface area contributed by atoms with Gasteiger partial charge in [0.15, 0.2) is 0 Å². The molecule has 125 valence electrons. The number of carboxylic acids is 3. The van der Waals surface area contributed by atoms with Gasteiger partial charge in [0.2, 0.25) is 0 Å². The van der Waals surface area contributed by atoms with E-state index in [0.717, 1.165) is 0 Å². The molecule has 1 radical (unpaired) electrons. The first-order chi connectivity index (χ1) is 9.34. The summed E-state index contributed by atoms with van der Waals surface area (Å²) in [5.41, 5.74) is 0.194. The Kier molecular flexibility index (Phi) is 32.6. The molecule has 0 aromatic rings. The van der Waals surface area contributed by atoms with E-state index in [1.807, 2.05) is 0 Å². The third-order valence-corrected chi connectivity index (χ3v) is 1.05. The van der Waals surface area contributed by atoms with Gasteiger partial charge >= 0.3 is 17.4 Å². The molecule has 0 spiro atoms. The number of rotatable bonds is 3. The van der Waals surface area contributed by atoms with E-state index in [0.29, 0.717) is 0 Å². The van der Waals surface area contributed by atoms with Crippen LogP contribution in [0, 0.1) is 0 Å².